The summed E-state index contributed by atoms with van der Waals surface area (Å²) in [6.45, 7) is 2.73. The van der Waals surface area contributed by atoms with Gasteiger partial charge in [0.15, 0.2) is 29.0 Å². The lowest BCUT2D eigenvalue weighted by atomic mass is 10.2. The Labute approximate surface area is 129 Å². The van der Waals surface area contributed by atoms with Crippen LogP contribution in [0.3, 0.4) is 0 Å². The first-order chi connectivity index (χ1) is 10.1. The lowest BCUT2D eigenvalue weighted by Crippen LogP contribution is -2.03. The van der Waals surface area contributed by atoms with Crippen molar-refractivity contribution in [1.82, 2.24) is 9.97 Å². The molecule has 1 aromatic carbocycles. The number of hydrogen-bond donors (Lipinski definition) is 1. The van der Waals surface area contributed by atoms with Crippen molar-refractivity contribution >= 4 is 21.7 Å². The summed E-state index contributed by atoms with van der Waals surface area (Å²) in [5.41, 5.74) is 6.46. The number of nitrogens with zero attached hydrogens (tertiary/aromatic N) is 2. The molecule has 1 aliphatic rings. The number of nitrogen functional groups attached to an aromatic ring is 1. The van der Waals surface area contributed by atoms with Crippen molar-refractivity contribution < 1.29 is 13.9 Å². The van der Waals surface area contributed by atoms with Crippen molar-refractivity contribution in [2.24, 2.45) is 0 Å². The molecule has 5 nitrogen and oxygen atoms in total. The molecule has 0 spiro atoms. The maximum atomic E-state index is 13.5. The predicted molar refractivity (Wildman–Crippen MR) is 79.9 cm³/mol. The van der Waals surface area contributed by atoms with Crippen LogP contribution in [-0.4, -0.2) is 23.2 Å². The van der Waals surface area contributed by atoms with E-state index in [1.807, 2.05) is 0 Å². The summed E-state index contributed by atoms with van der Waals surface area (Å²) in [5.74, 6) is 0.861. The fourth-order valence-electron chi connectivity index (χ4n) is 2.07. The molecule has 0 radical (unpaired) electrons. The van der Waals surface area contributed by atoms with E-state index in [9.17, 15) is 4.39 Å². The van der Waals surface area contributed by atoms with Gasteiger partial charge in [-0.1, -0.05) is 0 Å². The van der Waals surface area contributed by atoms with Gasteiger partial charge in [0.2, 0.25) is 0 Å². The Hall–Kier alpha value is -1.89. The minimum absolute atomic E-state index is 0.166. The van der Waals surface area contributed by atoms with Crippen LogP contribution >= 0.6 is 15.9 Å². The van der Waals surface area contributed by atoms with Gasteiger partial charge in [-0.3, -0.25) is 0 Å². The van der Waals surface area contributed by atoms with E-state index in [1.165, 1.54) is 0 Å². The third kappa shape index (κ3) is 2.65. The van der Waals surface area contributed by atoms with Crippen LogP contribution in [-0.2, 0) is 0 Å². The Kier molecular flexibility index (Phi) is 3.67. The predicted octanol–water partition coefficient (Wildman–Crippen LogP) is 3.10. The lowest BCUT2D eigenvalue weighted by Gasteiger charge is -2.12. The first-order valence-corrected chi connectivity index (χ1v) is 7.24. The minimum Gasteiger partial charge on any atom is -0.489 e. The van der Waals surface area contributed by atoms with E-state index >= 15 is 0 Å². The molecular formula is C14H13BrFN3O2. The van der Waals surface area contributed by atoms with Crippen LogP contribution in [0.5, 0.6) is 11.5 Å². The summed E-state index contributed by atoms with van der Waals surface area (Å²) in [6.07, 6.45) is 0.815. The number of ether oxygens (including phenoxy) is 2. The first kappa shape index (κ1) is 14.1. The monoisotopic (exact) mass is 353 g/mol. The Balaban J connectivity index is 2.11. The van der Waals surface area contributed by atoms with Crippen molar-refractivity contribution in [1.29, 1.82) is 0 Å². The highest BCUT2D eigenvalue weighted by Gasteiger charge is 2.18. The van der Waals surface area contributed by atoms with Crippen molar-refractivity contribution in [3.63, 3.8) is 0 Å². The molecule has 2 aromatic rings. The molecule has 7 heteroatoms. The van der Waals surface area contributed by atoms with Crippen LogP contribution in [0.15, 0.2) is 16.6 Å². The number of aromatic nitrogens is 2. The van der Waals surface area contributed by atoms with Crippen molar-refractivity contribution in [2.45, 2.75) is 13.3 Å². The number of hydrogen-bond acceptors (Lipinski definition) is 5. The van der Waals surface area contributed by atoms with E-state index in [1.54, 1.807) is 19.1 Å². The Morgan fingerprint density at radius 3 is 2.76 bits per heavy atom. The molecule has 1 aromatic heterocycles. The van der Waals surface area contributed by atoms with Gasteiger partial charge in [-0.15, -0.1) is 0 Å². The average Bonchev–Trinajstić information content (AvgIpc) is 2.69. The minimum atomic E-state index is -0.591. The first-order valence-electron chi connectivity index (χ1n) is 6.45. The van der Waals surface area contributed by atoms with E-state index in [0.29, 0.717) is 36.1 Å². The normalized spacial score (nSPS) is 13.9. The van der Waals surface area contributed by atoms with E-state index in [2.05, 4.69) is 25.9 Å². The Bertz CT molecular complexity index is 686. The molecule has 110 valence electrons. The molecule has 1 aliphatic heterocycles. The van der Waals surface area contributed by atoms with Gasteiger partial charge in [-0.2, -0.15) is 0 Å². The van der Waals surface area contributed by atoms with Crippen LogP contribution in [0, 0.1) is 12.7 Å². The second kappa shape index (κ2) is 5.48. The summed E-state index contributed by atoms with van der Waals surface area (Å²) < 4.78 is 25.6. The molecule has 0 bridgehead atoms. The highest BCUT2D eigenvalue weighted by Crippen LogP contribution is 2.40. The molecule has 2 heterocycles. The summed E-state index contributed by atoms with van der Waals surface area (Å²) in [5, 5.41) is 0. The van der Waals surface area contributed by atoms with Gasteiger partial charge in [0, 0.05) is 12.0 Å². The molecule has 21 heavy (non-hydrogen) atoms. The van der Waals surface area contributed by atoms with E-state index in [4.69, 9.17) is 15.2 Å². The quantitative estimate of drug-likeness (QED) is 0.852. The number of halogens is 2. The lowest BCUT2D eigenvalue weighted by molar-refractivity contribution is 0.296. The smallest absolute Gasteiger partial charge is 0.186 e. The van der Waals surface area contributed by atoms with Crippen molar-refractivity contribution in [3.05, 3.63) is 28.1 Å². The van der Waals surface area contributed by atoms with E-state index < -0.39 is 5.82 Å². The molecule has 0 amide bonds. The van der Waals surface area contributed by atoms with Gasteiger partial charge < -0.3 is 15.2 Å². The summed E-state index contributed by atoms with van der Waals surface area (Å²) >= 11 is 3.45. The third-order valence-electron chi connectivity index (χ3n) is 3.10. The van der Waals surface area contributed by atoms with Gasteiger partial charge in [-0.25, -0.2) is 14.4 Å². The molecule has 0 saturated carbocycles. The topological polar surface area (TPSA) is 70.3 Å². The highest BCUT2D eigenvalue weighted by atomic mass is 79.9. The van der Waals surface area contributed by atoms with Gasteiger partial charge in [0.25, 0.3) is 0 Å². The van der Waals surface area contributed by atoms with Crippen LogP contribution in [0.4, 0.5) is 10.2 Å². The number of fused-ring (bicyclic) bond motifs is 1. The van der Waals surface area contributed by atoms with Gasteiger partial charge >= 0.3 is 0 Å². The maximum absolute atomic E-state index is 13.5. The second-order valence-corrected chi connectivity index (χ2v) is 5.52. The molecule has 0 atom stereocenters. The van der Waals surface area contributed by atoms with Crippen LogP contribution in [0.2, 0.25) is 0 Å². The number of rotatable bonds is 1. The molecular weight excluding hydrogens is 341 g/mol. The zero-order chi connectivity index (χ0) is 15.0. The molecule has 3 rings (SSSR count). The van der Waals surface area contributed by atoms with Crippen LogP contribution < -0.4 is 15.2 Å². The van der Waals surface area contributed by atoms with Gasteiger partial charge in [0.05, 0.1) is 23.4 Å². The number of aryl methyl sites for hydroxylation is 1. The molecule has 0 aliphatic carbocycles. The molecule has 0 saturated heterocycles. The zero-order valence-electron chi connectivity index (χ0n) is 11.3. The molecule has 0 fully saturated rings. The Morgan fingerprint density at radius 2 is 2.00 bits per heavy atom. The van der Waals surface area contributed by atoms with Crippen LogP contribution in [0.25, 0.3) is 11.4 Å². The summed E-state index contributed by atoms with van der Waals surface area (Å²) in [7, 11) is 0. The van der Waals surface area contributed by atoms with E-state index in [0.717, 1.165) is 10.9 Å². The number of nitrogens with two attached hydrogens (primary N) is 1. The van der Waals surface area contributed by atoms with E-state index in [-0.39, 0.29) is 11.5 Å². The summed E-state index contributed by atoms with van der Waals surface area (Å²) in [6, 6.07) is 3.58. The molecule has 2 N–H and O–H groups in total. The van der Waals surface area contributed by atoms with Crippen LogP contribution in [0.1, 0.15) is 12.1 Å². The maximum Gasteiger partial charge on any atom is 0.186 e. The third-order valence-corrected chi connectivity index (χ3v) is 3.69. The van der Waals surface area contributed by atoms with Crippen molar-refractivity contribution in [3.8, 4) is 22.9 Å². The second-order valence-electron chi connectivity index (χ2n) is 4.67. The SMILES string of the molecule is Cc1nc(-c2cc(Br)c3c(c2)OCCCO3)nc(N)c1F. The number of benzene rings is 1. The number of anilines is 1. The molecule has 0 unspecified atom stereocenters. The largest absolute Gasteiger partial charge is 0.489 e. The zero-order valence-corrected chi connectivity index (χ0v) is 12.9. The van der Waals surface area contributed by atoms with Gasteiger partial charge in [0.1, 0.15) is 0 Å². The standard InChI is InChI=1S/C14H13BrFN3O2/c1-7-11(16)13(17)19-14(18-7)8-5-9(15)12-10(6-8)20-3-2-4-21-12/h5-6H,2-4H2,1H3,(H2,17,18,19). The van der Waals surface area contributed by atoms with Gasteiger partial charge in [-0.05, 0) is 35.0 Å². The summed E-state index contributed by atoms with van der Waals surface area (Å²) in [4.78, 5) is 8.13. The van der Waals surface area contributed by atoms with Crippen molar-refractivity contribution in [2.75, 3.05) is 18.9 Å². The fourth-order valence-corrected chi connectivity index (χ4v) is 2.63. The highest BCUT2D eigenvalue weighted by molar-refractivity contribution is 9.10. The average molecular weight is 354 g/mol. The fraction of sp³-hybridized carbons (Fsp3) is 0.286. The Morgan fingerprint density at radius 1 is 1.24 bits per heavy atom.